The largest absolute Gasteiger partial charge is 0.417 e. The standard InChI is InChI=1S/C10H7F3N4/c11-10(12,13)7-3-4-15-5-6(7)8-1-2-9(14)17-16-8/h1-5H,(H2,14,17). The summed E-state index contributed by atoms with van der Waals surface area (Å²) in [6.45, 7) is 0. The van der Waals surface area contributed by atoms with Crippen LogP contribution >= 0.6 is 0 Å². The summed E-state index contributed by atoms with van der Waals surface area (Å²) in [6, 6.07) is 3.65. The molecule has 0 fully saturated rings. The topological polar surface area (TPSA) is 64.7 Å². The lowest BCUT2D eigenvalue weighted by Gasteiger charge is -2.10. The smallest absolute Gasteiger partial charge is 0.382 e. The van der Waals surface area contributed by atoms with E-state index in [1.165, 1.54) is 12.1 Å². The molecule has 0 aliphatic heterocycles. The van der Waals surface area contributed by atoms with Crippen LogP contribution < -0.4 is 5.73 Å². The van der Waals surface area contributed by atoms with Gasteiger partial charge in [0.25, 0.3) is 0 Å². The van der Waals surface area contributed by atoms with Gasteiger partial charge in [0.15, 0.2) is 0 Å². The van der Waals surface area contributed by atoms with Gasteiger partial charge in [-0.15, -0.1) is 10.2 Å². The van der Waals surface area contributed by atoms with Crippen LogP contribution in [-0.2, 0) is 6.18 Å². The highest BCUT2D eigenvalue weighted by molar-refractivity contribution is 5.63. The van der Waals surface area contributed by atoms with Crippen molar-refractivity contribution in [1.29, 1.82) is 0 Å². The number of aromatic nitrogens is 3. The zero-order valence-corrected chi connectivity index (χ0v) is 8.44. The first-order valence-electron chi connectivity index (χ1n) is 4.59. The second-order valence-electron chi connectivity index (χ2n) is 3.26. The van der Waals surface area contributed by atoms with Crippen molar-refractivity contribution in [2.24, 2.45) is 0 Å². The summed E-state index contributed by atoms with van der Waals surface area (Å²) in [5.41, 5.74) is 4.48. The molecular weight excluding hydrogens is 233 g/mol. The quantitative estimate of drug-likeness (QED) is 0.829. The van der Waals surface area contributed by atoms with E-state index < -0.39 is 11.7 Å². The van der Waals surface area contributed by atoms with Crippen LogP contribution in [0.5, 0.6) is 0 Å². The van der Waals surface area contributed by atoms with Crippen LogP contribution in [0.2, 0.25) is 0 Å². The minimum atomic E-state index is -4.46. The number of halogens is 3. The van der Waals surface area contributed by atoms with Crippen LogP contribution in [0, 0.1) is 0 Å². The molecule has 17 heavy (non-hydrogen) atoms. The molecule has 0 saturated carbocycles. The van der Waals surface area contributed by atoms with Crippen LogP contribution in [0.1, 0.15) is 5.56 Å². The Hall–Kier alpha value is -2.18. The maximum absolute atomic E-state index is 12.7. The number of pyridine rings is 1. The van der Waals surface area contributed by atoms with Crippen molar-refractivity contribution in [3.05, 3.63) is 36.2 Å². The number of alkyl halides is 3. The van der Waals surface area contributed by atoms with Crippen molar-refractivity contribution in [2.75, 3.05) is 5.73 Å². The third-order valence-corrected chi connectivity index (χ3v) is 2.09. The maximum atomic E-state index is 12.7. The first kappa shape index (κ1) is 11.3. The summed E-state index contributed by atoms with van der Waals surface area (Å²) in [5, 5.41) is 7.12. The third kappa shape index (κ3) is 2.32. The van der Waals surface area contributed by atoms with Crippen molar-refractivity contribution in [1.82, 2.24) is 15.2 Å². The molecule has 0 bridgehead atoms. The second-order valence-corrected chi connectivity index (χ2v) is 3.26. The van der Waals surface area contributed by atoms with Gasteiger partial charge >= 0.3 is 6.18 Å². The van der Waals surface area contributed by atoms with E-state index in [2.05, 4.69) is 15.2 Å². The molecule has 0 atom stereocenters. The minimum Gasteiger partial charge on any atom is -0.382 e. The molecule has 0 spiro atoms. The number of anilines is 1. The molecule has 4 nitrogen and oxygen atoms in total. The Morgan fingerprint density at radius 3 is 2.41 bits per heavy atom. The Morgan fingerprint density at radius 1 is 1.06 bits per heavy atom. The molecule has 0 aliphatic rings. The second kappa shape index (κ2) is 4.00. The van der Waals surface area contributed by atoms with E-state index >= 15 is 0 Å². The summed E-state index contributed by atoms with van der Waals surface area (Å²) < 4.78 is 38.1. The highest BCUT2D eigenvalue weighted by Gasteiger charge is 2.34. The lowest BCUT2D eigenvalue weighted by Crippen LogP contribution is -2.08. The van der Waals surface area contributed by atoms with E-state index in [-0.39, 0.29) is 17.1 Å². The SMILES string of the molecule is Nc1ccc(-c2cnccc2C(F)(F)F)nn1. The van der Waals surface area contributed by atoms with E-state index in [1.807, 2.05) is 0 Å². The summed E-state index contributed by atoms with van der Waals surface area (Å²) in [6.07, 6.45) is -2.28. The Balaban J connectivity index is 2.56. The van der Waals surface area contributed by atoms with Gasteiger partial charge in [-0.3, -0.25) is 4.98 Å². The van der Waals surface area contributed by atoms with E-state index in [0.717, 1.165) is 18.5 Å². The van der Waals surface area contributed by atoms with Crippen LogP contribution in [0.4, 0.5) is 19.0 Å². The van der Waals surface area contributed by atoms with Crippen molar-refractivity contribution in [3.8, 4) is 11.3 Å². The van der Waals surface area contributed by atoms with E-state index in [4.69, 9.17) is 5.73 Å². The van der Waals surface area contributed by atoms with Crippen LogP contribution in [0.3, 0.4) is 0 Å². The third-order valence-electron chi connectivity index (χ3n) is 2.09. The van der Waals surface area contributed by atoms with E-state index in [9.17, 15) is 13.2 Å². The molecule has 2 rings (SSSR count). The molecule has 7 heteroatoms. The fourth-order valence-electron chi connectivity index (χ4n) is 1.33. The van der Waals surface area contributed by atoms with Gasteiger partial charge in [-0.1, -0.05) is 0 Å². The number of hydrogen-bond acceptors (Lipinski definition) is 4. The molecule has 0 radical (unpaired) electrons. The predicted molar refractivity (Wildman–Crippen MR) is 54.7 cm³/mol. The van der Waals surface area contributed by atoms with Crippen molar-refractivity contribution >= 4 is 5.82 Å². The van der Waals surface area contributed by atoms with Gasteiger partial charge in [0, 0.05) is 18.0 Å². The molecule has 2 N–H and O–H groups in total. The molecule has 2 heterocycles. The molecule has 2 aromatic heterocycles. The zero-order chi connectivity index (χ0) is 12.5. The normalized spacial score (nSPS) is 11.5. The summed E-state index contributed by atoms with van der Waals surface area (Å²) >= 11 is 0. The fourth-order valence-corrected chi connectivity index (χ4v) is 1.33. The van der Waals surface area contributed by atoms with Gasteiger partial charge in [0.1, 0.15) is 5.82 Å². The van der Waals surface area contributed by atoms with Crippen molar-refractivity contribution < 1.29 is 13.2 Å². The van der Waals surface area contributed by atoms with Gasteiger partial charge < -0.3 is 5.73 Å². The molecule has 0 unspecified atom stereocenters. The molecule has 0 aromatic carbocycles. The first-order valence-corrected chi connectivity index (χ1v) is 4.59. The van der Waals surface area contributed by atoms with Crippen molar-refractivity contribution in [2.45, 2.75) is 6.18 Å². The monoisotopic (exact) mass is 240 g/mol. The summed E-state index contributed by atoms with van der Waals surface area (Å²) in [4.78, 5) is 3.66. The lowest BCUT2D eigenvalue weighted by atomic mass is 10.1. The van der Waals surface area contributed by atoms with Gasteiger partial charge in [-0.05, 0) is 18.2 Å². The van der Waals surface area contributed by atoms with E-state index in [0.29, 0.717) is 0 Å². The van der Waals surface area contributed by atoms with Gasteiger partial charge in [-0.2, -0.15) is 13.2 Å². The van der Waals surface area contributed by atoms with Crippen LogP contribution in [0.15, 0.2) is 30.6 Å². The molecule has 0 amide bonds. The highest BCUT2D eigenvalue weighted by Crippen LogP contribution is 2.35. The Bertz CT molecular complexity index is 522. The predicted octanol–water partition coefficient (Wildman–Crippen LogP) is 2.14. The average molecular weight is 240 g/mol. The molecule has 0 aliphatic carbocycles. The number of nitrogen functional groups attached to an aromatic ring is 1. The Morgan fingerprint density at radius 2 is 1.82 bits per heavy atom. The van der Waals surface area contributed by atoms with Crippen LogP contribution in [-0.4, -0.2) is 15.2 Å². The lowest BCUT2D eigenvalue weighted by molar-refractivity contribution is -0.137. The zero-order valence-electron chi connectivity index (χ0n) is 8.44. The number of hydrogen-bond donors (Lipinski definition) is 1. The number of nitrogens with two attached hydrogens (primary N) is 1. The minimum absolute atomic E-state index is 0.0830. The van der Waals surface area contributed by atoms with Crippen molar-refractivity contribution in [3.63, 3.8) is 0 Å². The van der Waals surface area contributed by atoms with Crippen LogP contribution in [0.25, 0.3) is 11.3 Å². The Kier molecular flexibility index (Phi) is 2.66. The Labute approximate surface area is 94.3 Å². The maximum Gasteiger partial charge on any atom is 0.417 e. The highest BCUT2D eigenvalue weighted by atomic mass is 19.4. The molecular formula is C10H7F3N4. The number of nitrogens with zero attached hydrogens (tertiary/aromatic N) is 3. The number of rotatable bonds is 1. The van der Waals surface area contributed by atoms with E-state index in [1.54, 1.807) is 0 Å². The van der Waals surface area contributed by atoms with Gasteiger partial charge in [0.2, 0.25) is 0 Å². The molecule has 88 valence electrons. The average Bonchev–Trinajstić information content (AvgIpc) is 2.29. The first-order chi connectivity index (χ1) is 7.98. The fraction of sp³-hybridized carbons (Fsp3) is 0.100. The summed E-state index contributed by atoms with van der Waals surface area (Å²) in [5.74, 6) is 0.145. The summed E-state index contributed by atoms with van der Waals surface area (Å²) in [7, 11) is 0. The molecule has 0 saturated heterocycles. The van der Waals surface area contributed by atoms with Gasteiger partial charge in [-0.25, -0.2) is 0 Å². The van der Waals surface area contributed by atoms with Gasteiger partial charge in [0.05, 0.1) is 11.3 Å². The molecule has 2 aromatic rings.